The molecule has 1 aliphatic heterocycles. The van der Waals surface area contributed by atoms with Crippen molar-refractivity contribution < 1.29 is 4.79 Å². The number of hydrogen-bond acceptors (Lipinski definition) is 5. The number of nitrogens with zero attached hydrogens (tertiary/aromatic N) is 5. The van der Waals surface area contributed by atoms with E-state index in [4.69, 9.17) is 0 Å². The molecular formula is C17H23N5OS. The van der Waals surface area contributed by atoms with Gasteiger partial charge in [0, 0.05) is 13.1 Å². The van der Waals surface area contributed by atoms with E-state index in [0.717, 1.165) is 31.6 Å². The van der Waals surface area contributed by atoms with Crippen molar-refractivity contribution in [2.75, 3.05) is 13.1 Å². The fourth-order valence-electron chi connectivity index (χ4n) is 2.86. The lowest BCUT2D eigenvalue weighted by molar-refractivity contribution is -0.130. The SMILES string of the molecule is Cc1ccc(-n2nnnc2S[C@@H](C)C(=O)N2CCCCCC2)cc1. The predicted octanol–water partition coefficient (Wildman–Crippen LogP) is 2.85. The van der Waals surface area contributed by atoms with Gasteiger partial charge < -0.3 is 4.90 Å². The third kappa shape index (κ3) is 3.95. The van der Waals surface area contributed by atoms with Crippen molar-refractivity contribution in [3.05, 3.63) is 29.8 Å². The number of aromatic nitrogens is 4. The summed E-state index contributed by atoms with van der Waals surface area (Å²) in [6.07, 6.45) is 4.64. The van der Waals surface area contributed by atoms with Crippen molar-refractivity contribution in [2.24, 2.45) is 0 Å². The molecule has 1 aliphatic rings. The van der Waals surface area contributed by atoms with Crippen molar-refractivity contribution >= 4 is 17.7 Å². The third-order valence-electron chi connectivity index (χ3n) is 4.27. The highest BCUT2D eigenvalue weighted by Crippen LogP contribution is 2.25. The molecule has 2 heterocycles. The van der Waals surface area contributed by atoms with Gasteiger partial charge in [-0.2, -0.15) is 4.68 Å². The Kier molecular flexibility index (Phi) is 5.50. The number of tetrazole rings is 1. The van der Waals surface area contributed by atoms with Gasteiger partial charge in [0.25, 0.3) is 0 Å². The molecule has 0 radical (unpaired) electrons. The van der Waals surface area contributed by atoms with Crippen molar-refractivity contribution in [2.45, 2.75) is 49.9 Å². The summed E-state index contributed by atoms with van der Waals surface area (Å²) in [6.45, 7) is 5.71. The van der Waals surface area contributed by atoms with Gasteiger partial charge in [0.15, 0.2) is 0 Å². The Labute approximate surface area is 146 Å². The molecule has 0 aliphatic carbocycles. The number of carbonyl (C=O) groups is 1. The van der Waals surface area contributed by atoms with E-state index < -0.39 is 0 Å². The number of benzene rings is 1. The first-order chi connectivity index (χ1) is 11.6. The average molecular weight is 345 g/mol. The van der Waals surface area contributed by atoms with Crippen LogP contribution in [-0.4, -0.2) is 49.4 Å². The molecule has 0 saturated carbocycles. The first-order valence-electron chi connectivity index (χ1n) is 8.46. The molecule has 3 rings (SSSR count). The van der Waals surface area contributed by atoms with E-state index in [1.807, 2.05) is 43.0 Å². The van der Waals surface area contributed by atoms with Crippen LogP contribution in [0.25, 0.3) is 5.69 Å². The van der Waals surface area contributed by atoms with E-state index in [9.17, 15) is 4.79 Å². The lowest BCUT2D eigenvalue weighted by atomic mass is 10.2. The smallest absolute Gasteiger partial charge is 0.235 e. The van der Waals surface area contributed by atoms with Gasteiger partial charge >= 0.3 is 0 Å². The molecule has 1 fully saturated rings. The fraction of sp³-hybridized carbons (Fsp3) is 0.529. The van der Waals surface area contributed by atoms with E-state index in [0.29, 0.717) is 5.16 Å². The molecule has 7 heteroatoms. The summed E-state index contributed by atoms with van der Waals surface area (Å²) in [4.78, 5) is 14.7. The molecule has 128 valence electrons. The van der Waals surface area contributed by atoms with Crippen LogP contribution in [0.5, 0.6) is 0 Å². The van der Waals surface area contributed by atoms with Gasteiger partial charge in [0.1, 0.15) is 0 Å². The maximum Gasteiger partial charge on any atom is 0.235 e. The molecule has 1 atom stereocenters. The van der Waals surface area contributed by atoms with E-state index in [1.54, 1.807) is 4.68 Å². The summed E-state index contributed by atoms with van der Waals surface area (Å²) < 4.78 is 1.69. The minimum absolute atomic E-state index is 0.181. The number of hydrogen-bond donors (Lipinski definition) is 0. The topological polar surface area (TPSA) is 63.9 Å². The Balaban J connectivity index is 1.70. The zero-order valence-electron chi connectivity index (χ0n) is 14.2. The molecule has 2 aromatic rings. The van der Waals surface area contributed by atoms with Gasteiger partial charge in [0.2, 0.25) is 11.1 Å². The lowest BCUT2D eigenvalue weighted by Crippen LogP contribution is -2.37. The zero-order chi connectivity index (χ0) is 16.9. The highest BCUT2D eigenvalue weighted by Gasteiger charge is 2.24. The van der Waals surface area contributed by atoms with E-state index in [1.165, 1.54) is 30.2 Å². The number of rotatable bonds is 4. The lowest BCUT2D eigenvalue weighted by Gasteiger charge is -2.23. The average Bonchev–Trinajstić information content (AvgIpc) is 2.87. The molecule has 1 amide bonds. The second-order valence-corrected chi connectivity index (χ2v) is 7.52. The second-order valence-electron chi connectivity index (χ2n) is 6.21. The normalized spacial score (nSPS) is 16.7. The van der Waals surface area contributed by atoms with Gasteiger partial charge in [-0.3, -0.25) is 4.79 Å². The Hall–Kier alpha value is -1.89. The molecule has 0 bridgehead atoms. The Morgan fingerprint density at radius 3 is 2.46 bits per heavy atom. The first kappa shape index (κ1) is 17.0. The van der Waals surface area contributed by atoms with E-state index in [2.05, 4.69) is 15.5 Å². The van der Waals surface area contributed by atoms with Crippen molar-refractivity contribution in [1.29, 1.82) is 0 Å². The summed E-state index contributed by atoms with van der Waals surface area (Å²) in [5.41, 5.74) is 2.09. The quantitative estimate of drug-likeness (QED) is 0.797. The van der Waals surface area contributed by atoms with Gasteiger partial charge in [-0.1, -0.05) is 42.3 Å². The van der Waals surface area contributed by atoms with Crippen LogP contribution in [0.1, 0.15) is 38.2 Å². The fourth-order valence-corrected chi connectivity index (χ4v) is 3.75. The van der Waals surface area contributed by atoms with Crippen molar-refractivity contribution in [3.63, 3.8) is 0 Å². The number of thioether (sulfide) groups is 1. The minimum Gasteiger partial charge on any atom is -0.342 e. The van der Waals surface area contributed by atoms with Crippen molar-refractivity contribution in [1.82, 2.24) is 25.1 Å². The van der Waals surface area contributed by atoms with Gasteiger partial charge in [0.05, 0.1) is 10.9 Å². The molecule has 1 saturated heterocycles. The zero-order valence-corrected chi connectivity index (χ0v) is 15.0. The maximum atomic E-state index is 12.7. The molecule has 0 N–H and O–H groups in total. The van der Waals surface area contributed by atoms with Crippen LogP contribution in [0.15, 0.2) is 29.4 Å². The monoisotopic (exact) mass is 345 g/mol. The summed E-state index contributed by atoms with van der Waals surface area (Å²) in [5, 5.41) is 12.4. The maximum absolute atomic E-state index is 12.7. The largest absolute Gasteiger partial charge is 0.342 e. The minimum atomic E-state index is -0.196. The number of carbonyl (C=O) groups excluding carboxylic acids is 1. The summed E-state index contributed by atoms with van der Waals surface area (Å²) >= 11 is 1.42. The van der Waals surface area contributed by atoms with Gasteiger partial charge in [-0.05, 0) is 49.2 Å². The van der Waals surface area contributed by atoms with Crippen LogP contribution < -0.4 is 0 Å². The highest BCUT2D eigenvalue weighted by atomic mass is 32.2. The van der Waals surface area contributed by atoms with E-state index in [-0.39, 0.29) is 11.2 Å². The number of aryl methyl sites for hydroxylation is 1. The first-order valence-corrected chi connectivity index (χ1v) is 9.34. The third-order valence-corrected chi connectivity index (χ3v) is 5.29. The Morgan fingerprint density at radius 1 is 1.12 bits per heavy atom. The molecule has 0 unspecified atom stereocenters. The van der Waals surface area contributed by atoms with Crippen LogP contribution >= 0.6 is 11.8 Å². The molecule has 1 aromatic heterocycles. The van der Waals surface area contributed by atoms with E-state index >= 15 is 0 Å². The van der Waals surface area contributed by atoms with Crippen molar-refractivity contribution in [3.8, 4) is 5.69 Å². The highest BCUT2D eigenvalue weighted by molar-refractivity contribution is 8.00. The standard InChI is InChI=1S/C17H23N5OS/c1-13-7-9-15(10-8-13)22-17(18-19-20-22)24-14(2)16(23)21-11-5-3-4-6-12-21/h7-10,14H,3-6,11-12H2,1-2H3/t14-/m0/s1. The van der Waals surface area contributed by atoms with Gasteiger partial charge in [-0.25, -0.2) is 0 Å². The summed E-state index contributed by atoms with van der Waals surface area (Å²) in [5.74, 6) is 0.181. The molecule has 0 spiro atoms. The number of likely N-dealkylation sites (tertiary alicyclic amines) is 1. The Bertz CT molecular complexity index is 677. The van der Waals surface area contributed by atoms with Crippen LogP contribution in [0.2, 0.25) is 0 Å². The van der Waals surface area contributed by atoms with Crippen LogP contribution in [-0.2, 0) is 4.79 Å². The van der Waals surface area contributed by atoms with Gasteiger partial charge in [-0.15, -0.1) is 5.10 Å². The number of amides is 1. The molecule has 6 nitrogen and oxygen atoms in total. The summed E-state index contributed by atoms with van der Waals surface area (Å²) in [7, 11) is 0. The molecule has 1 aromatic carbocycles. The molecular weight excluding hydrogens is 322 g/mol. The Morgan fingerprint density at radius 2 is 1.79 bits per heavy atom. The van der Waals surface area contributed by atoms with Crippen LogP contribution in [0.3, 0.4) is 0 Å². The predicted molar refractivity (Wildman–Crippen MR) is 94.3 cm³/mol. The summed E-state index contributed by atoms with van der Waals surface area (Å²) in [6, 6.07) is 8.02. The van der Waals surface area contributed by atoms with Crippen LogP contribution in [0, 0.1) is 6.92 Å². The second kappa shape index (κ2) is 7.79. The van der Waals surface area contributed by atoms with Crippen LogP contribution in [0.4, 0.5) is 0 Å². The molecule has 24 heavy (non-hydrogen) atoms.